The Morgan fingerprint density at radius 1 is 1.36 bits per heavy atom. The van der Waals surface area contributed by atoms with Crippen molar-refractivity contribution in [1.82, 2.24) is 4.90 Å². The van der Waals surface area contributed by atoms with Crippen LogP contribution in [0.4, 0.5) is 5.69 Å². The summed E-state index contributed by atoms with van der Waals surface area (Å²) in [5.74, 6) is 0.277. The van der Waals surface area contributed by atoms with Crippen LogP contribution in [0.1, 0.15) is 25.3 Å². The van der Waals surface area contributed by atoms with Crippen LogP contribution in [0.15, 0.2) is 36.4 Å². The summed E-state index contributed by atoms with van der Waals surface area (Å²) in [6.07, 6.45) is 6.83. The monoisotopic (exact) mass is 336 g/mol. The van der Waals surface area contributed by atoms with Gasteiger partial charge >= 0.3 is 5.97 Å². The van der Waals surface area contributed by atoms with Crippen LogP contribution in [-0.4, -0.2) is 42.6 Å². The van der Waals surface area contributed by atoms with Gasteiger partial charge in [-0.05, 0) is 36.9 Å². The molecule has 0 radical (unpaired) electrons. The number of hydrogen-bond donors (Lipinski definition) is 1. The van der Waals surface area contributed by atoms with Gasteiger partial charge in [0.2, 0.25) is 0 Å². The van der Waals surface area contributed by atoms with Gasteiger partial charge in [-0.25, -0.2) is 0 Å². The van der Waals surface area contributed by atoms with Gasteiger partial charge in [0.15, 0.2) is 0 Å². The molecule has 130 valence electrons. The molecule has 25 heavy (non-hydrogen) atoms. The molecular weight excluding hydrogens is 312 g/mol. The summed E-state index contributed by atoms with van der Waals surface area (Å²) < 4.78 is 5.30. The first-order chi connectivity index (χ1) is 12.1. The van der Waals surface area contributed by atoms with E-state index in [2.05, 4.69) is 53.6 Å². The summed E-state index contributed by atoms with van der Waals surface area (Å²) in [6, 6.07) is 9.25. The molecule has 1 saturated heterocycles. The van der Waals surface area contributed by atoms with Crippen LogP contribution in [0.2, 0.25) is 0 Å². The van der Waals surface area contributed by atoms with Crippen molar-refractivity contribution in [2.75, 3.05) is 25.5 Å². The van der Waals surface area contributed by atoms with Crippen LogP contribution in [0.3, 0.4) is 0 Å². The largest absolute Gasteiger partial charge is 0.469 e. The summed E-state index contributed by atoms with van der Waals surface area (Å²) in [6.45, 7) is 4.53. The van der Waals surface area contributed by atoms with Crippen molar-refractivity contribution in [3.05, 3.63) is 42.0 Å². The van der Waals surface area contributed by atoms with Crippen LogP contribution in [-0.2, 0) is 14.9 Å². The normalized spacial score (nSPS) is 48.0. The third-order valence-corrected chi connectivity index (χ3v) is 8.47. The minimum Gasteiger partial charge on any atom is -0.469 e. The molecule has 6 atom stereocenters. The quantitative estimate of drug-likeness (QED) is 0.632. The Balaban J connectivity index is 1.69. The number of esters is 1. The lowest BCUT2D eigenvalue weighted by molar-refractivity contribution is -0.149. The van der Waals surface area contributed by atoms with Gasteiger partial charge in [-0.3, -0.25) is 9.69 Å². The van der Waals surface area contributed by atoms with Crippen LogP contribution >= 0.6 is 0 Å². The van der Waals surface area contributed by atoms with Crippen LogP contribution in [0.5, 0.6) is 0 Å². The highest BCUT2D eigenvalue weighted by Gasteiger charge is 2.85. The minimum atomic E-state index is -0.224. The standard InChI is InChI=1S/C21H24N2O2/c1-13-19-8-5-10-23-11-9-20(18(19)23)14-6-3-4-7-16(14)22-21(13,20)15(12-19)17(24)25-2/h3-8,13,15,18,22H,9-12H2,1-2H3/t13-,15-,18-,19+,20-,21-/m1/s1. The number of fused-ring (bicyclic) bond motifs is 1. The third-order valence-electron chi connectivity index (χ3n) is 8.47. The number of rotatable bonds is 1. The molecule has 3 spiro atoms. The van der Waals surface area contributed by atoms with Gasteiger partial charge in [0.1, 0.15) is 0 Å². The lowest BCUT2D eigenvalue weighted by Gasteiger charge is -2.50. The fraction of sp³-hybridized carbons (Fsp3) is 0.571. The fourth-order valence-corrected chi connectivity index (χ4v) is 7.93. The van der Waals surface area contributed by atoms with Crippen molar-refractivity contribution in [3.8, 4) is 0 Å². The van der Waals surface area contributed by atoms with Crippen LogP contribution in [0.25, 0.3) is 0 Å². The number of anilines is 1. The number of ether oxygens (including phenoxy) is 1. The predicted molar refractivity (Wildman–Crippen MR) is 95.3 cm³/mol. The zero-order chi connectivity index (χ0) is 17.0. The second kappa shape index (κ2) is 4.12. The van der Waals surface area contributed by atoms with Gasteiger partial charge in [0.25, 0.3) is 0 Å². The predicted octanol–water partition coefficient (Wildman–Crippen LogP) is 2.56. The Labute approximate surface area is 148 Å². The zero-order valence-electron chi connectivity index (χ0n) is 14.8. The molecule has 2 saturated carbocycles. The molecule has 3 heterocycles. The molecule has 1 N–H and O–H groups in total. The van der Waals surface area contributed by atoms with Gasteiger partial charge < -0.3 is 10.1 Å². The lowest BCUT2D eigenvalue weighted by atomic mass is 9.57. The van der Waals surface area contributed by atoms with Gasteiger partial charge in [-0.15, -0.1) is 0 Å². The Hall–Kier alpha value is -1.81. The molecule has 2 bridgehead atoms. The number of methoxy groups -OCH3 is 1. The highest BCUT2D eigenvalue weighted by molar-refractivity contribution is 5.82. The van der Waals surface area contributed by atoms with Crippen molar-refractivity contribution in [2.24, 2.45) is 17.3 Å². The molecule has 0 amide bonds. The first-order valence-electron chi connectivity index (χ1n) is 9.49. The van der Waals surface area contributed by atoms with E-state index in [-0.39, 0.29) is 28.3 Å². The second-order valence-electron chi connectivity index (χ2n) is 8.67. The number of hydrogen-bond acceptors (Lipinski definition) is 4. The van der Waals surface area contributed by atoms with Gasteiger partial charge in [0.05, 0.1) is 18.6 Å². The summed E-state index contributed by atoms with van der Waals surface area (Å²) in [5.41, 5.74) is 2.53. The average Bonchev–Trinajstić information content (AvgIpc) is 3.29. The van der Waals surface area contributed by atoms with E-state index in [1.165, 1.54) is 18.4 Å². The van der Waals surface area contributed by atoms with E-state index < -0.39 is 0 Å². The molecule has 3 aliphatic heterocycles. The molecule has 5 aliphatic rings. The van der Waals surface area contributed by atoms with E-state index >= 15 is 0 Å². The maximum absolute atomic E-state index is 12.9. The van der Waals surface area contributed by atoms with Crippen molar-refractivity contribution >= 4 is 11.7 Å². The Kier molecular flexibility index (Phi) is 2.37. The lowest BCUT2D eigenvalue weighted by Crippen LogP contribution is -2.63. The topological polar surface area (TPSA) is 41.6 Å². The fourth-order valence-electron chi connectivity index (χ4n) is 7.93. The van der Waals surface area contributed by atoms with Crippen LogP contribution in [0, 0.1) is 17.3 Å². The smallest absolute Gasteiger partial charge is 0.311 e. The van der Waals surface area contributed by atoms with Crippen molar-refractivity contribution in [2.45, 2.75) is 36.8 Å². The minimum absolute atomic E-state index is 0.0187. The molecule has 1 aromatic rings. The van der Waals surface area contributed by atoms with Gasteiger partial charge in [0, 0.05) is 29.1 Å². The van der Waals surface area contributed by atoms with E-state index in [0.29, 0.717) is 12.0 Å². The van der Waals surface area contributed by atoms with Gasteiger partial charge in [-0.2, -0.15) is 0 Å². The number of carbonyl (C=O) groups is 1. The molecule has 0 unspecified atom stereocenters. The number of nitrogens with one attached hydrogen (secondary N) is 1. The molecule has 6 rings (SSSR count). The van der Waals surface area contributed by atoms with E-state index in [1.807, 2.05) is 0 Å². The van der Waals surface area contributed by atoms with Gasteiger partial charge in [-0.1, -0.05) is 37.3 Å². The Morgan fingerprint density at radius 3 is 3.04 bits per heavy atom. The molecular formula is C21H24N2O2. The van der Waals surface area contributed by atoms with E-state index in [9.17, 15) is 4.79 Å². The summed E-state index contributed by atoms with van der Waals surface area (Å²) in [7, 11) is 1.54. The van der Waals surface area contributed by atoms with Crippen molar-refractivity contribution < 1.29 is 9.53 Å². The molecule has 4 heteroatoms. The molecule has 3 fully saturated rings. The highest BCUT2D eigenvalue weighted by Crippen LogP contribution is 2.78. The van der Waals surface area contributed by atoms with Crippen molar-refractivity contribution in [1.29, 1.82) is 0 Å². The number of carbonyl (C=O) groups excluding carboxylic acids is 1. The number of para-hydroxylation sites is 1. The second-order valence-corrected chi connectivity index (χ2v) is 8.67. The molecule has 1 aromatic carbocycles. The molecule has 4 nitrogen and oxygen atoms in total. The first kappa shape index (κ1) is 14.4. The molecule has 2 aliphatic carbocycles. The third kappa shape index (κ3) is 1.19. The maximum Gasteiger partial charge on any atom is 0.311 e. The summed E-state index contributed by atoms with van der Waals surface area (Å²) in [5, 5.41) is 3.92. The summed E-state index contributed by atoms with van der Waals surface area (Å²) in [4.78, 5) is 15.6. The SMILES string of the molecule is COC(=O)[C@H]1C[C@@]23C=CCN4CC[C@@]5(c6ccccc6N[C@]15[C@@H]2C)[C@H]43. The zero-order valence-corrected chi connectivity index (χ0v) is 14.8. The Morgan fingerprint density at radius 2 is 2.20 bits per heavy atom. The highest BCUT2D eigenvalue weighted by atomic mass is 16.5. The van der Waals surface area contributed by atoms with E-state index in [1.54, 1.807) is 0 Å². The maximum atomic E-state index is 12.9. The number of nitrogens with zero attached hydrogens (tertiary/aromatic N) is 1. The summed E-state index contributed by atoms with van der Waals surface area (Å²) >= 11 is 0. The first-order valence-corrected chi connectivity index (χ1v) is 9.49. The van der Waals surface area contributed by atoms with E-state index in [0.717, 1.165) is 25.9 Å². The average molecular weight is 336 g/mol. The van der Waals surface area contributed by atoms with E-state index in [4.69, 9.17) is 4.74 Å². The molecule has 0 aromatic heterocycles. The van der Waals surface area contributed by atoms with Crippen LogP contribution < -0.4 is 5.32 Å². The Bertz CT molecular complexity index is 835. The van der Waals surface area contributed by atoms with Crippen molar-refractivity contribution in [3.63, 3.8) is 0 Å². The number of benzene rings is 1.